The van der Waals surface area contributed by atoms with Crippen LogP contribution in [0.3, 0.4) is 0 Å². The summed E-state index contributed by atoms with van der Waals surface area (Å²) in [6.07, 6.45) is 4.69. The van der Waals surface area contributed by atoms with Crippen molar-refractivity contribution in [2.75, 3.05) is 12.1 Å². The molecule has 0 aliphatic carbocycles. The molecule has 0 saturated heterocycles. The zero-order valence-corrected chi connectivity index (χ0v) is 14.2. The van der Waals surface area contributed by atoms with E-state index in [2.05, 4.69) is 12.2 Å². The van der Waals surface area contributed by atoms with E-state index in [0.29, 0.717) is 17.2 Å². The lowest BCUT2D eigenvalue weighted by molar-refractivity contribution is -0.385. The Hall–Kier alpha value is -3.35. The van der Waals surface area contributed by atoms with E-state index in [1.807, 2.05) is 24.3 Å². The molecule has 7 nitrogen and oxygen atoms in total. The Bertz CT molecular complexity index is 859. The average Bonchev–Trinajstić information content (AvgIpc) is 3.08. The molecule has 0 saturated carbocycles. The molecule has 3 rings (SSSR count). The number of carbonyl (C=O) groups excluding carboxylic acids is 1. The van der Waals surface area contributed by atoms with Crippen molar-refractivity contribution in [1.82, 2.24) is 0 Å². The maximum Gasteiger partial charge on any atom is 0.280 e. The number of anilines is 1. The third-order valence-electron chi connectivity index (χ3n) is 3.89. The predicted octanol–water partition coefficient (Wildman–Crippen LogP) is 3.93. The summed E-state index contributed by atoms with van der Waals surface area (Å²) in [5.41, 5.74) is 1.99. The summed E-state index contributed by atoms with van der Waals surface area (Å²) >= 11 is 0. The Morgan fingerprint density at radius 1 is 1.23 bits per heavy atom. The van der Waals surface area contributed by atoms with Gasteiger partial charge in [0.05, 0.1) is 16.6 Å². The molecule has 1 aliphatic rings. The minimum absolute atomic E-state index is 0.0220. The number of benzene rings is 2. The molecule has 2 aromatic carbocycles. The Kier molecular flexibility index (Phi) is 5.17. The first-order valence-corrected chi connectivity index (χ1v) is 8.23. The van der Waals surface area contributed by atoms with Gasteiger partial charge in [0, 0.05) is 11.8 Å². The normalized spacial score (nSPS) is 12.3. The molecule has 0 bridgehead atoms. The number of amides is 1. The number of nitrogens with one attached hydrogen (secondary N) is 1. The number of fused-ring (bicyclic) bond motifs is 1. The molecule has 1 amide bonds. The largest absolute Gasteiger partial charge is 0.454 e. The van der Waals surface area contributed by atoms with Gasteiger partial charge in [0.2, 0.25) is 12.7 Å². The molecule has 1 aliphatic heterocycles. The van der Waals surface area contributed by atoms with E-state index in [1.165, 1.54) is 29.8 Å². The van der Waals surface area contributed by atoms with Crippen molar-refractivity contribution in [1.29, 1.82) is 0 Å². The monoisotopic (exact) mass is 354 g/mol. The molecular weight excluding hydrogens is 336 g/mol. The summed E-state index contributed by atoms with van der Waals surface area (Å²) in [5, 5.41) is 13.9. The van der Waals surface area contributed by atoms with Gasteiger partial charge in [0.15, 0.2) is 11.5 Å². The van der Waals surface area contributed by atoms with Crippen molar-refractivity contribution < 1.29 is 19.2 Å². The van der Waals surface area contributed by atoms with Gasteiger partial charge in [0.25, 0.3) is 5.69 Å². The quantitative estimate of drug-likeness (QED) is 0.482. The Morgan fingerprint density at radius 2 is 1.92 bits per heavy atom. The first kappa shape index (κ1) is 17.5. The molecule has 0 fully saturated rings. The van der Waals surface area contributed by atoms with Gasteiger partial charge in [0.1, 0.15) is 0 Å². The minimum atomic E-state index is -0.522. The zero-order valence-electron chi connectivity index (χ0n) is 14.2. The van der Waals surface area contributed by atoms with E-state index in [0.717, 1.165) is 12.8 Å². The van der Waals surface area contributed by atoms with Gasteiger partial charge in [-0.1, -0.05) is 25.5 Å². The van der Waals surface area contributed by atoms with Crippen molar-refractivity contribution in [3.63, 3.8) is 0 Å². The lowest BCUT2D eigenvalue weighted by atomic mass is 10.1. The fourth-order valence-corrected chi connectivity index (χ4v) is 2.63. The zero-order chi connectivity index (χ0) is 18.5. The van der Waals surface area contributed by atoms with Crippen LogP contribution in [0.25, 0.3) is 6.08 Å². The van der Waals surface area contributed by atoms with E-state index < -0.39 is 4.92 Å². The topological polar surface area (TPSA) is 90.7 Å². The van der Waals surface area contributed by atoms with Crippen LogP contribution in [0.1, 0.15) is 24.5 Å². The van der Waals surface area contributed by atoms with Gasteiger partial charge in [-0.25, -0.2) is 0 Å². The smallest absolute Gasteiger partial charge is 0.280 e. The summed E-state index contributed by atoms with van der Waals surface area (Å²) in [6, 6.07) is 10.4. The highest BCUT2D eigenvalue weighted by Gasteiger charge is 2.22. The van der Waals surface area contributed by atoms with Gasteiger partial charge in [-0.05, 0) is 36.3 Å². The second kappa shape index (κ2) is 7.69. The molecule has 1 N–H and O–H groups in total. The second-order valence-electron chi connectivity index (χ2n) is 5.79. The van der Waals surface area contributed by atoms with Crippen LogP contribution in [0.4, 0.5) is 11.4 Å². The summed E-state index contributed by atoms with van der Waals surface area (Å²) in [5.74, 6) is 0.368. The first-order valence-electron chi connectivity index (χ1n) is 8.23. The molecule has 0 spiro atoms. The van der Waals surface area contributed by atoms with E-state index in [1.54, 1.807) is 0 Å². The van der Waals surface area contributed by atoms with Crippen molar-refractivity contribution in [2.24, 2.45) is 0 Å². The molecule has 0 radical (unpaired) electrons. The van der Waals surface area contributed by atoms with Crippen LogP contribution in [-0.4, -0.2) is 17.6 Å². The Morgan fingerprint density at radius 3 is 2.58 bits per heavy atom. The number of hydrogen-bond acceptors (Lipinski definition) is 5. The molecular formula is C19H18N2O5. The average molecular weight is 354 g/mol. The molecule has 7 heteroatoms. The molecule has 26 heavy (non-hydrogen) atoms. The fourth-order valence-electron chi connectivity index (χ4n) is 2.63. The molecule has 0 aromatic heterocycles. The predicted molar refractivity (Wildman–Crippen MR) is 97.3 cm³/mol. The molecule has 1 heterocycles. The van der Waals surface area contributed by atoms with Crippen molar-refractivity contribution in [3.8, 4) is 11.5 Å². The fraction of sp³-hybridized carbons (Fsp3) is 0.211. The van der Waals surface area contributed by atoms with Crippen molar-refractivity contribution in [3.05, 3.63) is 63.7 Å². The SMILES string of the molecule is CCCc1ccc(NC(=O)/C=C/c2cc3c(cc2[N+](=O)[O-])OCO3)cc1. The summed E-state index contributed by atoms with van der Waals surface area (Å²) in [6.45, 7) is 2.13. The van der Waals surface area contributed by atoms with Crippen LogP contribution in [-0.2, 0) is 11.2 Å². The van der Waals surface area contributed by atoms with Gasteiger partial charge in [-0.2, -0.15) is 0 Å². The van der Waals surface area contributed by atoms with Crippen LogP contribution < -0.4 is 14.8 Å². The maximum atomic E-state index is 12.1. The van der Waals surface area contributed by atoms with Gasteiger partial charge < -0.3 is 14.8 Å². The van der Waals surface area contributed by atoms with E-state index in [9.17, 15) is 14.9 Å². The number of nitro groups is 1. The van der Waals surface area contributed by atoms with Gasteiger partial charge in [-0.3, -0.25) is 14.9 Å². The lowest BCUT2D eigenvalue weighted by Crippen LogP contribution is -2.07. The van der Waals surface area contributed by atoms with Crippen molar-refractivity contribution in [2.45, 2.75) is 19.8 Å². The summed E-state index contributed by atoms with van der Waals surface area (Å²) < 4.78 is 10.4. The number of nitrogens with zero attached hydrogens (tertiary/aromatic N) is 1. The van der Waals surface area contributed by atoms with E-state index in [-0.39, 0.29) is 24.0 Å². The summed E-state index contributed by atoms with van der Waals surface area (Å²) in [4.78, 5) is 22.8. The summed E-state index contributed by atoms with van der Waals surface area (Å²) in [7, 11) is 0. The molecule has 0 atom stereocenters. The van der Waals surface area contributed by atoms with Crippen LogP contribution in [0.2, 0.25) is 0 Å². The van der Waals surface area contributed by atoms with Crippen molar-refractivity contribution >= 4 is 23.4 Å². The van der Waals surface area contributed by atoms with Gasteiger partial charge in [-0.15, -0.1) is 0 Å². The maximum absolute atomic E-state index is 12.1. The number of ether oxygens (including phenoxy) is 2. The number of rotatable bonds is 6. The standard InChI is InChI=1S/C19H18N2O5/c1-2-3-13-4-7-15(8-5-13)20-19(22)9-6-14-10-17-18(26-12-25-17)11-16(14)21(23)24/h4-11H,2-3,12H2,1H3,(H,20,22)/b9-6+. The third-order valence-corrected chi connectivity index (χ3v) is 3.89. The number of aryl methyl sites for hydroxylation is 1. The van der Waals surface area contributed by atoms with E-state index in [4.69, 9.17) is 9.47 Å². The lowest BCUT2D eigenvalue weighted by Gasteiger charge is -2.04. The van der Waals surface area contributed by atoms with Crippen LogP contribution in [0, 0.1) is 10.1 Å². The number of nitro benzene ring substituents is 1. The van der Waals surface area contributed by atoms with Gasteiger partial charge >= 0.3 is 0 Å². The van der Waals surface area contributed by atoms with Crippen LogP contribution in [0.5, 0.6) is 11.5 Å². The third kappa shape index (κ3) is 4.00. The highest BCUT2D eigenvalue weighted by Crippen LogP contribution is 2.38. The number of hydrogen-bond donors (Lipinski definition) is 1. The Balaban J connectivity index is 1.73. The molecule has 2 aromatic rings. The first-order chi connectivity index (χ1) is 12.6. The van der Waals surface area contributed by atoms with Crippen LogP contribution in [0.15, 0.2) is 42.5 Å². The Labute approximate surface area is 150 Å². The number of carbonyl (C=O) groups is 1. The minimum Gasteiger partial charge on any atom is -0.454 e. The second-order valence-corrected chi connectivity index (χ2v) is 5.79. The highest BCUT2D eigenvalue weighted by atomic mass is 16.7. The van der Waals surface area contributed by atoms with Crippen LogP contribution >= 0.6 is 0 Å². The van der Waals surface area contributed by atoms with E-state index >= 15 is 0 Å². The molecule has 134 valence electrons. The molecule has 0 unspecified atom stereocenters. The highest BCUT2D eigenvalue weighted by molar-refractivity contribution is 6.02.